The van der Waals surface area contributed by atoms with Gasteiger partial charge in [-0.15, -0.1) is 0 Å². The van der Waals surface area contributed by atoms with Crippen molar-refractivity contribution in [2.45, 2.75) is 32.8 Å². The number of hydrogen-bond donors (Lipinski definition) is 0. The lowest BCUT2D eigenvalue weighted by Crippen LogP contribution is -2.17. The molecule has 0 radical (unpaired) electrons. The van der Waals surface area contributed by atoms with Crippen LogP contribution in [0.2, 0.25) is 0 Å². The van der Waals surface area contributed by atoms with Crippen molar-refractivity contribution in [2.75, 3.05) is 5.75 Å². The first kappa shape index (κ1) is 17.8. The van der Waals surface area contributed by atoms with Gasteiger partial charge < -0.3 is 0 Å². The van der Waals surface area contributed by atoms with E-state index in [1.807, 2.05) is 0 Å². The van der Waals surface area contributed by atoms with Crippen LogP contribution in [0.5, 0.6) is 0 Å². The van der Waals surface area contributed by atoms with E-state index in [4.69, 9.17) is 0 Å². The van der Waals surface area contributed by atoms with Crippen LogP contribution in [0.25, 0.3) is 0 Å². The van der Waals surface area contributed by atoms with Gasteiger partial charge in [0.15, 0.2) is 23.3 Å². The van der Waals surface area contributed by atoms with Crippen LogP contribution in [0.3, 0.4) is 0 Å². The minimum atomic E-state index is -4.13. The molecule has 0 saturated carbocycles. The van der Waals surface area contributed by atoms with Crippen molar-refractivity contribution in [1.82, 2.24) is 0 Å². The molecule has 3 nitrogen and oxygen atoms in total. The molecule has 0 saturated heterocycles. The molecule has 120 valence electrons. The van der Waals surface area contributed by atoms with E-state index in [0.29, 0.717) is 6.42 Å². The standard InChI is InChI=1S/C12H13F5O3S/c1-3-4-5-21(18,19)20-6(2)7-8(13)10(15)12(17)11(16)9(7)14/h6H,3-5H2,1-2H3. The van der Waals surface area contributed by atoms with Gasteiger partial charge in [-0.1, -0.05) is 13.3 Å². The molecule has 0 amide bonds. The summed E-state index contributed by atoms with van der Waals surface area (Å²) in [6.45, 7) is 2.60. The van der Waals surface area contributed by atoms with E-state index in [1.165, 1.54) is 0 Å². The Morgan fingerprint density at radius 2 is 1.38 bits per heavy atom. The van der Waals surface area contributed by atoms with Crippen LogP contribution < -0.4 is 0 Å². The summed E-state index contributed by atoms with van der Waals surface area (Å²) >= 11 is 0. The van der Waals surface area contributed by atoms with Crippen LogP contribution in [0.4, 0.5) is 22.0 Å². The van der Waals surface area contributed by atoms with Crippen LogP contribution in [0, 0.1) is 29.1 Å². The predicted molar refractivity (Wildman–Crippen MR) is 64.4 cm³/mol. The van der Waals surface area contributed by atoms with Gasteiger partial charge in [-0.05, 0) is 13.3 Å². The zero-order valence-corrected chi connectivity index (χ0v) is 12.0. The van der Waals surface area contributed by atoms with Crippen molar-refractivity contribution in [3.63, 3.8) is 0 Å². The molecule has 1 unspecified atom stereocenters. The Labute approximate surface area is 118 Å². The molecule has 1 aromatic carbocycles. The van der Waals surface area contributed by atoms with Crippen molar-refractivity contribution in [3.8, 4) is 0 Å². The predicted octanol–water partition coefficient (Wildman–Crippen LogP) is 3.59. The van der Waals surface area contributed by atoms with Crippen molar-refractivity contribution < 1.29 is 34.6 Å². The molecule has 0 fully saturated rings. The van der Waals surface area contributed by atoms with Gasteiger partial charge in [-0.2, -0.15) is 8.42 Å². The van der Waals surface area contributed by atoms with E-state index in [2.05, 4.69) is 4.18 Å². The SMILES string of the molecule is CCCCS(=O)(=O)OC(C)c1c(F)c(F)c(F)c(F)c1F. The van der Waals surface area contributed by atoms with Gasteiger partial charge in [-0.3, -0.25) is 4.18 Å². The second-order valence-corrected chi connectivity index (χ2v) is 6.05. The third-order valence-electron chi connectivity index (χ3n) is 2.69. The molecule has 0 aliphatic heterocycles. The number of halogens is 5. The molecule has 0 aliphatic rings. The number of benzene rings is 1. The van der Waals surface area contributed by atoms with Crippen molar-refractivity contribution in [3.05, 3.63) is 34.6 Å². The van der Waals surface area contributed by atoms with Crippen molar-refractivity contribution >= 4 is 10.1 Å². The minimum Gasteiger partial charge on any atom is -0.262 e. The summed E-state index contributed by atoms with van der Waals surface area (Å²) in [5.74, 6) is -11.2. The Kier molecular flexibility index (Phi) is 5.68. The summed E-state index contributed by atoms with van der Waals surface area (Å²) in [4.78, 5) is 0. The van der Waals surface area contributed by atoms with Gasteiger partial charge in [0, 0.05) is 0 Å². The molecule has 21 heavy (non-hydrogen) atoms. The Hall–Kier alpha value is -1.22. The average molecular weight is 332 g/mol. The lowest BCUT2D eigenvalue weighted by atomic mass is 10.1. The van der Waals surface area contributed by atoms with E-state index in [-0.39, 0.29) is 6.42 Å². The Morgan fingerprint density at radius 1 is 0.952 bits per heavy atom. The minimum absolute atomic E-state index is 0.242. The van der Waals surface area contributed by atoms with Crippen LogP contribution in [0.15, 0.2) is 0 Å². The summed E-state index contributed by atoms with van der Waals surface area (Å²) < 4.78 is 93.4. The van der Waals surface area contributed by atoms with Gasteiger partial charge in [0.05, 0.1) is 11.3 Å². The monoisotopic (exact) mass is 332 g/mol. The molecule has 0 spiro atoms. The maximum atomic E-state index is 13.5. The second kappa shape index (κ2) is 6.69. The first-order valence-corrected chi connectivity index (χ1v) is 7.62. The highest BCUT2D eigenvalue weighted by molar-refractivity contribution is 7.86. The third kappa shape index (κ3) is 3.91. The topological polar surface area (TPSA) is 43.4 Å². The molecular weight excluding hydrogens is 319 g/mol. The Bertz CT molecular complexity index is 601. The van der Waals surface area contributed by atoms with Gasteiger partial charge in [-0.25, -0.2) is 22.0 Å². The highest BCUT2D eigenvalue weighted by Gasteiger charge is 2.31. The third-order valence-corrected chi connectivity index (χ3v) is 4.06. The highest BCUT2D eigenvalue weighted by atomic mass is 32.2. The molecule has 0 heterocycles. The smallest absolute Gasteiger partial charge is 0.262 e. The largest absolute Gasteiger partial charge is 0.267 e. The van der Waals surface area contributed by atoms with Crippen molar-refractivity contribution in [1.29, 1.82) is 0 Å². The first-order chi connectivity index (χ1) is 9.62. The molecular formula is C12H13F5O3S. The maximum absolute atomic E-state index is 13.5. The van der Waals surface area contributed by atoms with Gasteiger partial charge in [0.25, 0.3) is 10.1 Å². The fourth-order valence-electron chi connectivity index (χ4n) is 1.62. The number of rotatable bonds is 6. The van der Waals surface area contributed by atoms with Gasteiger partial charge in [0.2, 0.25) is 5.82 Å². The highest BCUT2D eigenvalue weighted by Crippen LogP contribution is 2.30. The van der Waals surface area contributed by atoms with Crippen LogP contribution in [-0.2, 0) is 14.3 Å². The number of hydrogen-bond acceptors (Lipinski definition) is 3. The fraction of sp³-hybridized carbons (Fsp3) is 0.500. The Balaban J connectivity index is 3.17. The molecule has 9 heteroatoms. The summed E-state index contributed by atoms with van der Waals surface area (Å²) in [5.41, 5.74) is -1.31. The van der Waals surface area contributed by atoms with E-state index in [9.17, 15) is 30.4 Å². The van der Waals surface area contributed by atoms with Crippen LogP contribution >= 0.6 is 0 Å². The molecule has 0 N–H and O–H groups in total. The number of unbranched alkanes of at least 4 members (excludes halogenated alkanes) is 1. The summed E-state index contributed by atoms with van der Waals surface area (Å²) in [6, 6.07) is 0. The lowest BCUT2D eigenvalue weighted by molar-refractivity contribution is 0.215. The summed E-state index contributed by atoms with van der Waals surface area (Å²) in [5, 5.41) is 0. The molecule has 0 aliphatic carbocycles. The zero-order chi connectivity index (χ0) is 16.4. The van der Waals surface area contributed by atoms with E-state index in [1.54, 1.807) is 6.92 Å². The summed E-state index contributed by atoms with van der Waals surface area (Å²) in [6.07, 6.45) is -1.07. The molecule has 1 aromatic rings. The summed E-state index contributed by atoms with van der Waals surface area (Å²) in [7, 11) is -4.13. The van der Waals surface area contributed by atoms with E-state index < -0.39 is 56.6 Å². The fourth-order valence-corrected chi connectivity index (χ4v) is 2.89. The lowest BCUT2D eigenvalue weighted by Gasteiger charge is -2.16. The molecule has 0 aromatic heterocycles. The normalized spacial score (nSPS) is 13.5. The maximum Gasteiger partial charge on any atom is 0.267 e. The van der Waals surface area contributed by atoms with Crippen LogP contribution in [0.1, 0.15) is 38.4 Å². The quantitative estimate of drug-likeness (QED) is 0.346. The van der Waals surface area contributed by atoms with Crippen LogP contribution in [-0.4, -0.2) is 14.2 Å². The molecule has 1 rings (SSSR count). The first-order valence-electron chi connectivity index (χ1n) is 6.04. The zero-order valence-electron chi connectivity index (χ0n) is 11.2. The van der Waals surface area contributed by atoms with Gasteiger partial charge >= 0.3 is 0 Å². The second-order valence-electron chi connectivity index (χ2n) is 4.34. The van der Waals surface area contributed by atoms with Crippen molar-refractivity contribution in [2.24, 2.45) is 0 Å². The van der Waals surface area contributed by atoms with E-state index >= 15 is 0 Å². The van der Waals surface area contributed by atoms with E-state index in [0.717, 1.165) is 6.92 Å². The Morgan fingerprint density at radius 3 is 1.81 bits per heavy atom. The average Bonchev–Trinajstić information content (AvgIpc) is 2.40. The molecule has 1 atom stereocenters. The van der Waals surface area contributed by atoms with Gasteiger partial charge in [0.1, 0.15) is 6.10 Å². The molecule has 0 bridgehead atoms.